The Morgan fingerprint density at radius 1 is 1.47 bits per heavy atom. The van der Waals surface area contributed by atoms with Crippen molar-refractivity contribution >= 4 is 11.6 Å². The molecule has 0 aliphatic rings. The normalized spacial score (nSPS) is 10.3. The maximum absolute atomic E-state index is 8.90. The number of aromatic nitrogens is 2. The van der Waals surface area contributed by atoms with E-state index in [2.05, 4.69) is 9.97 Å². The van der Waals surface area contributed by atoms with Crippen LogP contribution in [0.3, 0.4) is 0 Å². The van der Waals surface area contributed by atoms with Gasteiger partial charge in [0.05, 0.1) is 25.6 Å². The van der Waals surface area contributed by atoms with E-state index in [4.69, 9.17) is 15.6 Å². The van der Waals surface area contributed by atoms with Crippen molar-refractivity contribution in [2.75, 3.05) is 44.0 Å². The highest BCUT2D eigenvalue weighted by atomic mass is 16.5. The van der Waals surface area contributed by atoms with Crippen molar-refractivity contribution < 1.29 is 9.84 Å². The third-order valence-electron chi connectivity index (χ3n) is 1.90. The van der Waals surface area contributed by atoms with E-state index in [1.807, 2.05) is 4.90 Å². The lowest BCUT2D eigenvalue weighted by molar-refractivity contribution is 0.202. The SMILES string of the molecule is COCCN(CCO)c1cncc(N)n1. The van der Waals surface area contributed by atoms with Gasteiger partial charge in [-0.05, 0) is 0 Å². The van der Waals surface area contributed by atoms with Crippen LogP contribution in [0.15, 0.2) is 12.4 Å². The second kappa shape index (κ2) is 6.15. The zero-order valence-corrected chi connectivity index (χ0v) is 8.76. The van der Waals surface area contributed by atoms with E-state index < -0.39 is 0 Å². The summed E-state index contributed by atoms with van der Waals surface area (Å²) in [6.45, 7) is 1.76. The largest absolute Gasteiger partial charge is 0.395 e. The lowest BCUT2D eigenvalue weighted by Gasteiger charge is -2.21. The number of nitrogens with zero attached hydrogens (tertiary/aromatic N) is 3. The van der Waals surface area contributed by atoms with Crippen molar-refractivity contribution in [3.8, 4) is 0 Å². The number of nitrogen functional groups attached to an aromatic ring is 1. The standard InChI is InChI=1S/C9H16N4O2/c1-15-5-3-13(2-4-14)9-7-11-6-8(10)12-9/h6-7,14H,2-5H2,1H3,(H2,10,12). The number of aliphatic hydroxyl groups is 1. The number of ether oxygens (including phenoxy) is 1. The van der Waals surface area contributed by atoms with Crippen LogP contribution < -0.4 is 10.6 Å². The molecule has 0 amide bonds. The molecule has 15 heavy (non-hydrogen) atoms. The fourth-order valence-corrected chi connectivity index (χ4v) is 1.19. The average Bonchev–Trinajstić information content (AvgIpc) is 2.24. The molecule has 3 N–H and O–H groups in total. The van der Waals surface area contributed by atoms with Gasteiger partial charge in [0.15, 0.2) is 0 Å². The van der Waals surface area contributed by atoms with Crippen LogP contribution in [0, 0.1) is 0 Å². The fraction of sp³-hybridized carbons (Fsp3) is 0.556. The highest BCUT2D eigenvalue weighted by Gasteiger charge is 2.07. The summed E-state index contributed by atoms with van der Waals surface area (Å²) < 4.78 is 4.97. The van der Waals surface area contributed by atoms with Crippen molar-refractivity contribution in [3.63, 3.8) is 0 Å². The Bertz CT molecular complexity index is 295. The number of rotatable bonds is 6. The van der Waals surface area contributed by atoms with Gasteiger partial charge in [-0.15, -0.1) is 0 Å². The Balaban J connectivity index is 2.69. The van der Waals surface area contributed by atoms with Crippen LogP contribution in [-0.4, -0.2) is 48.5 Å². The number of aliphatic hydroxyl groups excluding tert-OH is 1. The molecule has 1 rings (SSSR count). The van der Waals surface area contributed by atoms with Crippen LogP contribution in [0.2, 0.25) is 0 Å². The Hall–Kier alpha value is -1.40. The monoisotopic (exact) mass is 212 g/mol. The molecule has 0 saturated carbocycles. The summed E-state index contributed by atoms with van der Waals surface area (Å²) in [6, 6.07) is 0. The predicted octanol–water partition coefficient (Wildman–Crippen LogP) is -0.496. The number of nitrogens with two attached hydrogens (primary N) is 1. The molecular formula is C9H16N4O2. The minimum Gasteiger partial charge on any atom is -0.395 e. The van der Waals surface area contributed by atoms with E-state index in [9.17, 15) is 0 Å². The molecule has 0 saturated heterocycles. The Kier molecular flexibility index (Phi) is 4.79. The summed E-state index contributed by atoms with van der Waals surface area (Å²) in [6.07, 6.45) is 3.10. The molecule has 84 valence electrons. The van der Waals surface area contributed by atoms with Crippen molar-refractivity contribution in [2.24, 2.45) is 0 Å². The maximum Gasteiger partial charge on any atom is 0.149 e. The molecule has 0 atom stereocenters. The van der Waals surface area contributed by atoms with Crippen LogP contribution in [0.25, 0.3) is 0 Å². The molecule has 1 aromatic heterocycles. The van der Waals surface area contributed by atoms with E-state index in [1.165, 1.54) is 6.20 Å². The van der Waals surface area contributed by atoms with Crippen molar-refractivity contribution in [1.82, 2.24) is 9.97 Å². The van der Waals surface area contributed by atoms with E-state index in [0.29, 0.717) is 31.3 Å². The minimum atomic E-state index is 0.0557. The second-order valence-corrected chi connectivity index (χ2v) is 3.01. The second-order valence-electron chi connectivity index (χ2n) is 3.01. The summed E-state index contributed by atoms with van der Waals surface area (Å²) in [5.41, 5.74) is 5.53. The molecule has 6 heteroatoms. The first-order valence-electron chi connectivity index (χ1n) is 4.70. The zero-order valence-electron chi connectivity index (χ0n) is 8.76. The molecule has 6 nitrogen and oxygen atoms in total. The molecule has 1 aromatic rings. The molecular weight excluding hydrogens is 196 g/mol. The maximum atomic E-state index is 8.90. The van der Waals surface area contributed by atoms with Crippen LogP contribution in [0.1, 0.15) is 0 Å². The summed E-state index contributed by atoms with van der Waals surface area (Å²) in [4.78, 5) is 9.93. The van der Waals surface area contributed by atoms with Crippen LogP contribution in [0.4, 0.5) is 11.6 Å². The van der Waals surface area contributed by atoms with Crippen LogP contribution >= 0.6 is 0 Å². The summed E-state index contributed by atoms with van der Waals surface area (Å²) in [7, 11) is 1.63. The van der Waals surface area contributed by atoms with Gasteiger partial charge in [0, 0.05) is 20.2 Å². The molecule has 0 unspecified atom stereocenters. The van der Waals surface area contributed by atoms with Crippen molar-refractivity contribution in [2.45, 2.75) is 0 Å². The van der Waals surface area contributed by atoms with E-state index >= 15 is 0 Å². The van der Waals surface area contributed by atoms with Gasteiger partial charge in [-0.2, -0.15) is 0 Å². The molecule has 0 spiro atoms. The van der Waals surface area contributed by atoms with Crippen LogP contribution in [-0.2, 0) is 4.74 Å². The van der Waals surface area contributed by atoms with Gasteiger partial charge in [0.25, 0.3) is 0 Å². The Labute approximate surface area is 88.7 Å². The molecule has 0 aliphatic heterocycles. The third kappa shape index (κ3) is 3.69. The van der Waals surface area contributed by atoms with Gasteiger partial charge in [-0.1, -0.05) is 0 Å². The fourth-order valence-electron chi connectivity index (χ4n) is 1.19. The molecule has 0 aliphatic carbocycles. The van der Waals surface area contributed by atoms with Crippen LogP contribution in [0.5, 0.6) is 0 Å². The first-order valence-corrected chi connectivity index (χ1v) is 4.70. The van der Waals surface area contributed by atoms with E-state index in [1.54, 1.807) is 13.3 Å². The predicted molar refractivity (Wildman–Crippen MR) is 57.6 cm³/mol. The van der Waals surface area contributed by atoms with Gasteiger partial charge in [0.2, 0.25) is 0 Å². The molecule has 1 heterocycles. The number of hydrogen-bond donors (Lipinski definition) is 2. The highest BCUT2D eigenvalue weighted by molar-refractivity contribution is 5.41. The van der Waals surface area contributed by atoms with Crippen molar-refractivity contribution in [3.05, 3.63) is 12.4 Å². The van der Waals surface area contributed by atoms with Gasteiger partial charge < -0.3 is 20.5 Å². The molecule has 0 fully saturated rings. The topological polar surface area (TPSA) is 84.5 Å². The molecule has 0 aromatic carbocycles. The van der Waals surface area contributed by atoms with Gasteiger partial charge in [-0.25, -0.2) is 4.98 Å². The zero-order chi connectivity index (χ0) is 11.1. The Morgan fingerprint density at radius 3 is 2.87 bits per heavy atom. The van der Waals surface area contributed by atoms with Gasteiger partial charge in [0.1, 0.15) is 11.6 Å². The smallest absolute Gasteiger partial charge is 0.149 e. The number of methoxy groups -OCH3 is 1. The van der Waals surface area contributed by atoms with Crippen molar-refractivity contribution in [1.29, 1.82) is 0 Å². The first kappa shape index (κ1) is 11.7. The summed E-state index contributed by atoms with van der Waals surface area (Å²) in [5, 5.41) is 8.90. The Morgan fingerprint density at radius 2 is 2.27 bits per heavy atom. The average molecular weight is 212 g/mol. The van der Waals surface area contributed by atoms with Gasteiger partial charge in [-0.3, -0.25) is 4.98 Å². The quantitative estimate of drug-likeness (QED) is 0.661. The first-order chi connectivity index (χ1) is 7.27. The summed E-state index contributed by atoms with van der Waals surface area (Å²) in [5.74, 6) is 1.02. The minimum absolute atomic E-state index is 0.0557. The summed E-state index contributed by atoms with van der Waals surface area (Å²) >= 11 is 0. The lowest BCUT2D eigenvalue weighted by Crippen LogP contribution is -2.31. The number of hydrogen-bond acceptors (Lipinski definition) is 6. The van der Waals surface area contributed by atoms with E-state index in [0.717, 1.165) is 0 Å². The molecule has 0 radical (unpaired) electrons. The third-order valence-corrected chi connectivity index (χ3v) is 1.90. The lowest BCUT2D eigenvalue weighted by atomic mass is 10.4. The number of anilines is 2. The van der Waals surface area contributed by atoms with E-state index in [-0.39, 0.29) is 6.61 Å². The molecule has 0 bridgehead atoms. The highest BCUT2D eigenvalue weighted by Crippen LogP contribution is 2.09. The van der Waals surface area contributed by atoms with Gasteiger partial charge >= 0.3 is 0 Å².